The van der Waals surface area contributed by atoms with Gasteiger partial charge in [0.25, 0.3) is 5.91 Å². The molecule has 4 aromatic heterocycles. The van der Waals surface area contributed by atoms with E-state index in [9.17, 15) is 4.79 Å². The van der Waals surface area contributed by atoms with Gasteiger partial charge in [0.2, 0.25) is 5.89 Å². The highest BCUT2D eigenvalue weighted by Gasteiger charge is 2.37. The summed E-state index contributed by atoms with van der Waals surface area (Å²) in [4.78, 5) is 27.7. The maximum atomic E-state index is 12.3. The number of hydrogen-bond acceptors (Lipinski definition) is 9. The molecule has 0 radical (unpaired) electrons. The van der Waals surface area contributed by atoms with Crippen LogP contribution in [-0.2, 0) is 4.74 Å². The monoisotopic (exact) mass is 461 g/mol. The van der Waals surface area contributed by atoms with Gasteiger partial charge in [-0.3, -0.25) is 29.4 Å². The lowest BCUT2D eigenvalue weighted by Crippen LogP contribution is -2.50. The minimum Gasteiger partial charge on any atom is -0.435 e. The van der Waals surface area contributed by atoms with Gasteiger partial charge in [0.05, 0.1) is 42.8 Å². The number of carbonyl (C=O) groups excluding carboxylic acids is 1. The standard InChI is InChI=1S/C22H23N9O3/c23-21(32)19-20(34-22(28-19)13-9-26-27-10-13)16-12-31(29-18(16)17-11-24-1-2-25-17)15-7-14(8-15)30-3-5-33-6-4-30/h1-2,9-12,14-15H,3-8H2,(H2,23,32)(H,26,27). The number of amides is 1. The van der Waals surface area contributed by atoms with Crippen molar-refractivity contribution in [2.75, 3.05) is 26.3 Å². The van der Waals surface area contributed by atoms with Gasteiger partial charge in [-0.1, -0.05) is 0 Å². The largest absolute Gasteiger partial charge is 0.435 e. The number of ether oxygens (including phenoxy) is 1. The molecular formula is C22H23N9O3. The van der Waals surface area contributed by atoms with E-state index in [0.29, 0.717) is 28.6 Å². The number of nitrogens with zero attached hydrogens (tertiary/aromatic N) is 7. The van der Waals surface area contributed by atoms with Gasteiger partial charge >= 0.3 is 0 Å². The molecule has 0 atom stereocenters. The van der Waals surface area contributed by atoms with Gasteiger partial charge in [0, 0.05) is 43.9 Å². The van der Waals surface area contributed by atoms with Crippen molar-refractivity contribution in [1.82, 2.24) is 39.8 Å². The summed E-state index contributed by atoms with van der Waals surface area (Å²) in [5.41, 5.74) is 8.00. The van der Waals surface area contributed by atoms with Crippen LogP contribution in [0.5, 0.6) is 0 Å². The first-order valence-corrected chi connectivity index (χ1v) is 11.1. The van der Waals surface area contributed by atoms with Gasteiger partial charge in [0.1, 0.15) is 11.4 Å². The molecule has 12 heteroatoms. The summed E-state index contributed by atoms with van der Waals surface area (Å²) < 4.78 is 13.4. The minimum absolute atomic E-state index is 0.0284. The molecule has 1 saturated carbocycles. The third-order valence-electron chi connectivity index (χ3n) is 6.41. The van der Waals surface area contributed by atoms with Crippen LogP contribution in [0, 0.1) is 0 Å². The van der Waals surface area contributed by atoms with Crippen LogP contribution in [0.1, 0.15) is 29.4 Å². The van der Waals surface area contributed by atoms with Crippen molar-refractivity contribution in [3.8, 4) is 34.2 Å². The Kier molecular flexibility index (Phi) is 5.15. The van der Waals surface area contributed by atoms with E-state index in [0.717, 1.165) is 39.1 Å². The first kappa shape index (κ1) is 20.7. The molecule has 5 heterocycles. The number of nitrogens with two attached hydrogens (primary N) is 1. The van der Waals surface area contributed by atoms with Gasteiger partial charge in [0.15, 0.2) is 11.5 Å². The predicted molar refractivity (Wildman–Crippen MR) is 119 cm³/mol. The molecule has 1 aliphatic carbocycles. The van der Waals surface area contributed by atoms with Gasteiger partial charge < -0.3 is 14.9 Å². The molecule has 2 fully saturated rings. The Morgan fingerprint density at radius 2 is 2.00 bits per heavy atom. The maximum Gasteiger partial charge on any atom is 0.271 e. The van der Waals surface area contributed by atoms with E-state index in [-0.39, 0.29) is 23.4 Å². The summed E-state index contributed by atoms with van der Waals surface area (Å²) in [5, 5.41) is 11.5. The number of hydrogen-bond donors (Lipinski definition) is 2. The van der Waals surface area contributed by atoms with Crippen LogP contribution in [0.15, 0.2) is 41.6 Å². The number of primary amides is 1. The molecule has 1 saturated heterocycles. The van der Waals surface area contributed by atoms with Gasteiger partial charge in [-0.15, -0.1) is 0 Å². The lowest BCUT2D eigenvalue weighted by atomic mass is 9.85. The van der Waals surface area contributed by atoms with E-state index in [4.69, 9.17) is 20.0 Å². The van der Waals surface area contributed by atoms with Crippen molar-refractivity contribution in [1.29, 1.82) is 0 Å². The molecule has 0 spiro atoms. The maximum absolute atomic E-state index is 12.3. The van der Waals surface area contributed by atoms with Crippen LogP contribution in [-0.4, -0.2) is 78.1 Å². The van der Waals surface area contributed by atoms with Crippen molar-refractivity contribution in [2.45, 2.75) is 24.9 Å². The van der Waals surface area contributed by atoms with Crippen molar-refractivity contribution in [2.24, 2.45) is 5.73 Å². The molecule has 6 rings (SSSR count). The van der Waals surface area contributed by atoms with E-state index in [1.54, 1.807) is 31.0 Å². The molecule has 2 aliphatic rings. The second kappa shape index (κ2) is 8.47. The van der Waals surface area contributed by atoms with Crippen LogP contribution in [0.4, 0.5) is 0 Å². The van der Waals surface area contributed by atoms with Gasteiger partial charge in [-0.25, -0.2) is 4.98 Å². The molecule has 4 aromatic rings. The average Bonchev–Trinajstić information content (AvgIpc) is 3.58. The molecule has 1 amide bonds. The topological polar surface area (TPSA) is 154 Å². The average molecular weight is 461 g/mol. The van der Waals surface area contributed by atoms with E-state index in [1.165, 1.54) is 0 Å². The molecule has 0 aromatic carbocycles. The van der Waals surface area contributed by atoms with Crippen molar-refractivity contribution in [3.63, 3.8) is 0 Å². The van der Waals surface area contributed by atoms with Crippen molar-refractivity contribution >= 4 is 5.91 Å². The van der Waals surface area contributed by atoms with Crippen LogP contribution in [0.3, 0.4) is 0 Å². The molecular weight excluding hydrogens is 438 g/mol. The van der Waals surface area contributed by atoms with Crippen molar-refractivity contribution in [3.05, 3.63) is 42.9 Å². The van der Waals surface area contributed by atoms with E-state index in [1.807, 2.05) is 10.9 Å². The SMILES string of the molecule is NC(=O)c1nc(-c2cn[nH]c2)oc1-c1cn(C2CC(N3CCOCC3)C2)nc1-c1cnccn1. The molecule has 3 N–H and O–H groups in total. The fourth-order valence-electron chi connectivity index (χ4n) is 4.53. The lowest BCUT2D eigenvalue weighted by Gasteiger charge is -2.44. The van der Waals surface area contributed by atoms with Gasteiger partial charge in [-0.05, 0) is 12.8 Å². The third kappa shape index (κ3) is 3.66. The Balaban J connectivity index is 1.38. The Bertz CT molecular complexity index is 1290. The van der Waals surface area contributed by atoms with Crippen LogP contribution < -0.4 is 5.73 Å². The second-order valence-corrected chi connectivity index (χ2v) is 8.44. The van der Waals surface area contributed by atoms with E-state index >= 15 is 0 Å². The molecule has 1 aliphatic heterocycles. The molecule has 0 bridgehead atoms. The van der Waals surface area contributed by atoms with E-state index < -0.39 is 5.91 Å². The first-order chi connectivity index (χ1) is 16.7. The number of carbonyl (C=O) groups is 1. The van der Waals surface area contributed by atoms with Crippen molar-refractivity contribution < 1.29 is 13.9 Å². The van der Waals surface area contributed by atoms with Gasteiger partial charge in [-0.2, -0.15) is 10.2 Å². The summed E-state index contributed by atoms with van der Waals surface area (Å²) in [5.74, 6) is -0.201. The highest BCUT2D eigenvalue weighted by molar-refractivity contribution is 5.98. The molecule has 34 heavy (non-hydrogen) atoms. The number of H-pyrrole nitrogens is 1. The third-order valence-corrected chi connectivity index (χ3v) is 6.41. The smallest absolute Gasteiger partial charge is 0.271 e. The zero-order valence-electron chi connectivity index (χ0n) is 18.3. The predicted octanol–water partition coefficient (Wildman–Crippen LogP) is 1.52. The highest BCUT2D eigenvalue weighted by Crippen LogP contribution is 2.40. The molecule has 174 valence electrons. The van der Waals surface area contributed by atoms with E-state index in [2.05, 4.69) is 30.0 Å². The fourth-order valence-corrected chi connectivity index (χ4v) is 4.53. The second-order valence-electron chi connectivity index (χ2n) is 8.44. The lowest BCUT2D eigenvalue weighted by molar-refractivity contribution is -0.0162. The normalized spacial score (nSPS) is 20.8. The Morgan fingerprint density at radius 3 is 2.71 bits per heavy atom. The zero-order valence-corrected chi connectivity index (χ0v) is 18.3. The first-order valence-electron chi connectivity index (χ1n) is 11.1. The molecule has 0 unspecified atom stereocenters. The Hall–Kier alpha value is -3.90. The Morgan fingerprint density at radius 1 is 1.15 bits per heavy atom. The number of rotatable bonds is 6. The summed E-state index contributed by atoms with van der Waals surface area (Å²) in [6, 6.07) is 0.742. The molecule has 12 nitrogen and oxygen atoms in total. The van der Waals surface area contributed by atoms with Crippen LogP contribution in [0.2, 0.25) is 0 Å². The number of morpholine rings is 1. The number of aromatic nitrogens is 7. The number of nitrogens with one attached hydrogen (secondary N) is 1. The summed E-state index contributed by atoms with van der Waals surface area (Å²) >= 11 is 0. The quantitative estimate of drug-likeness (QED) is 0.435. The summed E-state index contributed by atoms with van der Waals surface area (Å²) in [6.07, 6.45) is 11.9. The fraction of sp³-hybridized carbons (Fsp3) is 0.364. The Labute approximate surface area is 194 Å². The van der Waals surface area contributed by atoms with Crippen LogP contribution in [0.25, 0.3) is 34.2 Å². The summed E-state index contributed by atoms with van der Waals surface area (Å²) in [6.45, 7) is 3.49. The number of oxazole rings is 1. The van der Waals surface area contributed by atoms with Crippen LogP contribution >= 0.6 is 0 Å². The highest BCUT2D eigenvalue weighted by atomic mass is 16.5. The summed E-state index contributed by atoms with van der Waals surface area (Å²) in [7, 11) is 0. The number of aromatic amines is 1. The minimum atomic E-state index is -0.692. The zero-order chi connectivity index (χ0) is 23.1.